The predicted molar refractivity (Wildman–Crippen MR) is 185 cm³/mol. The van der Waals surface area contributed by atoms with Gasteiger partial charge in [0.2, 0.25) is 11.9 Å². The molecule has 49 heavy (non-hydrogen) atoms. The number of nitrogens with zero attached hydrogens (tertiary/aromatic N) is 5. The fraction of sp³-hybridized carbons (Fsp3) is 0.306. The van der Waals surface area contributed by atoms with Crippen LogP contribution in [0.25, 0.3) is 0 Å². The molecular weight excluding hydrogens is 635 g/mol. The average molecular weight is 674 g/mol. The number of alkyl halides is 3. The van der Waals surface area contributed by atoms with Crippen LogP contribution in [0, 0.1) is 6.92 Å². The van der Waals surface area contributed by atoms with Gasteiger partial charge in [0.05, 0.1) is 17.7 Å². The molecule has 0 unspecified atom stereocenters. The number of likely N-dealkylation sites (N-methyl/N-ethyl adjacent to an activating group) is 1. The third kappa shape index (κ3) is 8.60. The molecule has 2 heterocycles. The number of carbonyl (C=O) groups is 3. The number of piperazine rings is 1. The lowest BCUT2D eigenvalue weighted by molar-refractivity contribution is -0.137. The average Bonchev–Trinajstić information content (AvgIpc) is 3.08. The van der Waals surface area contributed by atoms with Crippen LogP contribution in [-0.4, -0.2) is 80.0 Å². The molecule has 10 nitrogen and oxygen atoms in total. The Kier molecular flexibility index (Phi) is 10.6. The smallest absolute Gasteiger partial charge is 0.340 e. The van der Waals surface area contributed by atoms with Crippen molar-refractivity contribution in [3.8, 4) is 0 Å². The first-order valence-electron chi connectivity index (χ1n) is 15.8. The van der Waals surface area contributed by atoms with E-state index in [1.807, 2.05) is 43.1 Å². The lowest BCUT2D eigenvalue weighted by atomic mass is 10.0. The fourth-order valence-electron chi connectivity index (χ4n) is 5.63. The van der Waals surface area contributed by atoms with Crippen molar-refractivity contribution in [1.82, 2.24) is 9.80 Å². The maximum absolute atomic E-state index is 13.6. The Morgan fingerprint density at radius 1 is 0.898 bits per heavy atom. The summed E-state index contributed by atoms with van der Waals surface area (Å²) in [6.45, 7) is 10.6. The summed E-state index contributed by atoms with van der Waals surface area (Å²) in [5.74, 6) is -0.673. The van der Waals surface area contributed by atoms with Crippen LogP contribution >= 0.6 is 0 Å². The van der Waals surface area contributed by atoms with Crippen LogP contribution in [0.4, 0.5) is 30.2 Å². The first kappa shape index (κ1) is 35.0. The third-order valence-electron chi connectivity index (χ3n) is 8.59. The first-order valence-corrected chi connectivity index (χ1v) is 15.8. The molecule has 3 aromatic carbocycles. The van der Waals surface area contributed by atoms with Gasteiger partial charge in [-0.25, -0.2) is 9.98 Å². The summed E-state index contributed by atoms with van der Waals surface area (Å²) in [5, 5.41) is 5.76. The van der Waals surface area contributed by atoms with E-state index in [1.54, 1.807) is 30.0 Å². The minimum Gasteiger partial charge on any atom is -0.340 e. The van der Waals surface area contributed by atoms with Gasteiger partial charge in [0.15, 0.2) is 0 Å². The summed E-state index contributed by atoms with van der Waals surface area (Å²) < 4.78 is 39.4. The fourth-order valence-corrected chi connectivity index (χ4v) is 5.63. The van der Waals surface area contributed by atoms with Gasteiger partial charge in [-0.2, -0.15) is 13.2 Å². The Hall–Kier alpha value is -5.30. The molecule has 1 fully saturated rings. The lowest BCUT2D eigenvalue weighted by Gasteiger charge is -2.32. The van der Waals surface area contributed by atoms with E-state index < -0.39 is 17.6 Å². The summed E-state index contributed by atoms with van der Waals surface area (Å²) in [6.07, 6.45) is -3.85. The molecular formula is C36H38F3N7O3. The molecule has 0 saturated carbocycles. The van der Waals surface area contributed by atoms with Crippen LogP contribution in [0.3, 0.4) is 0 Å². The maximum atomic E-state index is 13.6. The van der Waals surface area contributed by atoms with Crippen molar-refractivity contribution in [3.05, 3.63) is 100 Å². The Bertz CT molecular complexity index is 1810. The van der Waals surface area contributed by atoms with E-state index in [1.165, 1.54) is 12.1 Å². The van der Waals surface area contributed by atoms with Gasteiger partial charge >= 0.3 is 6.18 Å². The number of amides is 3. The van der Waals surface area contributed by atoms with Crippen LogP contribution in [-0.2, 0) is 22.2 Å². The second-order valence-electron chi connectivity index (χ2n) is 12.1. The number of aryl methyl sites for hydroxylation is 1. The van der Waals surface area contributed by atoms with E-state index in [-0.39, 0.29) is 23.3 Å². The maximum Gasteiger partial charge on any atom is 0.416 e. The van der Waals surface area contributed by atoms with Gasteiger partial charge in [-0.05, 0) is 81.2 Å². The van der Waals surface area contributed by atoms with Gasteiger partial charge in [0.1, 0.15) is 0 Å². The lowest BCUT2D eigenvalue weighted by Crippen LogP contribution is -2.47. The van der Waals surface area contributed by atoms with Crippen molar-refractivity contribution in [3.63, 3.8) is 0 Å². The molecule has 2 aliphatic heterocycles. The van der Waals surface area contributed by atoms with Gasteiger partial charge in [0, 0.05) is 67.3 Å². The zero-order valence-electron chi connectivity index (χ0n) is 27.6. The molecule has 2 N–H and O–H groups in total. The largest absolute Gasteiger partial charge is 0.416 e. The minimum atomic E-state index is -4.58. The number of hydrogen-bond acceptors (Lipinski definition) is 5. The predicted octanol–water partition coefficient (Wildman–Crippen LogP) is 5.76. The Labute approximate surface area is 283 Å². The molecule has 13 heteroatoms. The zero-order chi connectivity index (χ0) is 35.3. The highest BCUT2D eigenvalue weighted by molar-refractivity contribution is 6.09. The first-order chi connectivity index (χ1) is 23.3. The van der Waals surface area contributed by atoms with E-state index in [0.29, 0.717) is 47.7 Å². The summed E-state index contributed by atoms with van der Waals surface area (Å²) in [7, 11) is 2.05. The number of hydrogen-bond donors (Lipinski definition) is 2. The number of carbonyl (C=O) groups excluding carboxylic acids is 3. The molecule has 3 amide bonds. The van der Waals surface area contributed by atoms with E-state index in [9.17, 15) is 27.6 Å². The number of rotatable bonds is 7. The topological polar surface area (TPSA) is 110 Å². The normalized spacial score (nSPS) is 16.1. The van der Waals surface area contributed by atoms with Gasteiger partial charge in [0.25, 0.3) is 11.8 Å². The summed E-state index contributed by atoms with van der Waals surface area (Å²) >= 11 is 0. The number of benzene rings is 3. The summed E-state index contributed by atoms with van der Waals surface area (Å²) in [5.41, 5.74) is 3.14. The number of guanidine groups is 1. The Balaban J connectivity index is 1.25. The van der Waals surface area contributed by atoms with Crippen molar-refractivity contribution in [2.45, 2.75) is 32.9 Å². The molecule has 0 atom stereocenters. The van der Waals surface area contributed by atoms with Crippen LogP contribution in [0.15, 0.2) is 88.0 Å². The molecule has 0 aliphatic carbocycles. The van der Waals surface area contributed by atoms with E-state index >= 15 is 0 Å². The number of halogens is 3. The number of aliphatic imine (C=N–C) groups is 2. The van der Waals surface area contributed by atoms with E-state index in [0.717, 1.165) is 49.4 Å². The second kappa shape index (κ2) is 14.9. The summed E-state index contributed by atoms with van der Waals surface area (Å²) in [4.78, 5) is 53.4. The highest BCUT2D eigenvalue weighted by Crippen LogP contribution is 2.32. The Morgan fingerprint density at radius 2 is 1.59 bits per heavy atom. The number of anilines is 3. The highest BCUT2D eigenvalue weighted by Gasteiger charge is 2.31. The van der Waals surface area contributed by atoms with Gasteiger partial charge in [-0.3, -0.25) is 14.4 Å². The zero-order valence-corrected chi connectivity index (χ0v) is 27.6. The standard InChI is InChI=1S/C36H38F3N7O3/c1-23-8-11-29(41-33(48)26-6-5-7-27(21-26)36(37,38)39)22-31(23)46-15-14-30(24(2)34(46)49)43-35(40-3)42-28-12-9-25(10-13-28)20-32(47)45-18-16-44(4)17-19-45/h5-13,21-22H,3,14-20H2,1-2,4H3,(H,41,48)(H,42,43). The SMILES string of the molecule is C=NC(=NC1=C(C)C(=O)N(c2cc(NC(=O)c3cccc(C(F)(F)F)c3)ccc2C)CC1)Nc1ccc(CC(=O)N2CCN(C)CC2)cc1. The van der Waals surface area contributed by atoms with Crippen LogP contribution in [0.1, 0.15) is 40.4 Å². The van der Waals surface area contributed by atoms with Crippen LogP contribution < -0.4 is 15.5 Å². The van der Waals surface area contributed by atoms with Gasteiger partial charge in [-0.1, -0.05) is 24.3 Å². The summed E-state index contributed by atoms with van der Waals surface area (Å²) in [6, 6.07) is 16.6. The van der Waals surface area contributed by atoms with E-state index in [4.69, 9.17) is 0 Å². The van der Waals surface area contributed by atoms with E-state index in [2.05, 4.69) is 32.2 Å². The van der Waals surface area contributed by atoms with Crippen molar-refractivity contribution < 1.29 is 27.6 Å². The van der Waals surface area contributed by atoms with Crippen molar-refractivity contribution >= 4 is 47.5 Å². The quantitative estimate of drug-likeness (QED) is 0.245. The second-order valence-corrected chi connectivity index (χ2v) is 12.1. The molecule has 256 valence electrons. The van der Waals surface area contributed by atoms with Crippen molar-refractivity contribution in [2.24, 2.45) is 9.98 Å². The molecule has 1 saturated heterocycles. The van der Waals surface area contributed by atoms with Gasteiger partial charge < -0.3 is 25.3 Å². The van der Waals surface area contributed by atoms with Crippen LogP contribution in [0.5, 0.6) is 0 Å². The third-order valence-corrected chi connectivity index (χ3v) is 8.59. The van der Waals surface area contributed by atoms with Crippen LogP contribution in [0.2, 0.25) is 0 Å². The van der Waals surface area contributed by atoms with Crippen molar-refractivity contribution in [2.75, 3.05) is 55.3 Å². The molecule has 3 aromatic rings. The highest BCUT2D eigenvalue weighted by atomic mass is 19.4. The molecule has 0 bridgehead atoms. The Morgan fingerprint density at radius 3 is 2.27 bits per heavy atom. The van der Waals surface area contributed by atoms with Gasteiger partial charge in [-0.15, -0.1) is 0 Å². The molecule has 2 aliphatic rings. The number of nitrogens with one attached hydrogen (secondary N) is 2. The molecule has 5 rings (SSSR count). The minimum absolute atomic E-state index is 0.101. The molecule has 0 spiro atoms. The monoisotopic (exact) mass is 673 g/mol. The molecule has 0 aromatic heterocycles. The molecule has 0 radical (unpaired) electrons. The van der Waals surface area contributed by atoms with Crippen molar-refractivity contribution in [1.29, 1.82) is 0 Å².